The van der Waals surface area contributed by atoms with Gasteiger partial charge in [0.1, 0.15) is 5.60 Å². The lowest BCUT2D eigenvalue weighted by Crippen LogP contribution is -2.53. The number of benzene rings is 2. The predicted octanol–water partition coefficient (Wildman–Crippen LogP) is 3.38. The molecule has 3 aromatic rings. The average Bonchev–Trinajstić information content (AvgIpc) is 3.38. The SMILES string of the molecule is O=C(c1ccc(-c2csc3ccccc23)cc1)N1CCN(C(=O)C2(O)CC2)CC1. The van der Waals surface area contributed by atoms with Gasteiger partial charge in [0.15, 0.2) is 0 Å². The van der Waals surface area contributed by atoms with Crippen LogP contribution in [0, 0.1) is 0 Å². The molecule has 2 aromatic carbocycles. The molecule has 1 aromatic heterocycles. The highest BCUT2D eigenvalue weighted by molar-refractivity contribution is 7.17. The third-order valence-corrected chi connectivity index (χ3v) is 6.86. The van der Waals surface area contributed by atoms with Crippen molar-refractivity contribution < 1.29 is 14.7 Å². The van der Waals surface area contributed by atoms with E-state index in [0.29, 0.717) is 44.6 Å². The highest BCUT2D eigenvalue weighted by Gasteiger charge is 2.50. The highest BCUT2D eigenvalue weighted by Crippen LogP contribution is 2.37. The molecule has 1 saturated carbocycles. The minimum atomic E-state index is -1.13. The summed E-state index contributed by atoms with van der Waals surface area (Å²) in [5.41, 5.74) is 1.82. The monoisotopic (exact) mass is 406 g/mol. The lowest BCUT2D eigenvalue weighted by Gasteiger charge is -2.35. The van der Waals surface area contributed by atoms with Crippen LogP contribution in [0.5, 0.6) is 0 Å². The maximum Gasteiger partial charge on any atom is 0.254 e. The van der Waals surface area contributed by atoms with Crippen molar-refractivity contribution in [3.8, 4) is 11.1 Å². The largest absolute Gasteiger partial charge is 0.380 e. The first-order valence-electron chi connectivity index (χ1n) is 9.93. The van der Waals surface area contributed by atoms with Gasteiger partial charge >= 0.3 is 0 Å². The van der Waals surface area contributed by atoms with E-state index in [-0.39, 0.29) is 11.8 Å². The predicted molar refractivity (Wildman–Crippen MR) is 114 cm³/mol. The van der Waals surface area contributed by atoms with E-state index in [1.165, 1.54) is 15.6 Å². The standard InChI is InChI=1S/C23H22N2O3S/c26-21(24-11-13-25(14-12-24)22(27)23(28)9-10-23)17-7-5-16(6-8-17)19-15-29-20-4-2-1-3-18(19)20/h1-8,15,28H,9-14H2. The maximum absolute atomic E-state index is 12.9. The van der Waals surface area contributed by atoms with E-state index >= 15 is 0 Å². The van der Waals surface area contributed by atoms with Crippen molar-refractivity contribution in [3.05, 3.63) is 59.5 Å². The molecule has 1 saturated heterocycles. The molecule has 1 aliphatic carbocycles. The van der Waals surface area contributed by atoms with Gasteiger partial charge in [0.2, 0.25) is 0 Å². The third-order valence-electron chi connectivity index (χ3n) is 5.90. The second kappa shape index (κ2) is 6.97. The number of aliphatic hydroxyl groups is 1. The molecule has 2 fully saturated rings. The summed E-state index contributed by atoms with van der Waals surface area (Å²) in [4.78, 5) is 28.6. The number of fused-ring (bicyclic) bond motifs is 1. The number of piperazine rings is 1. The van der Waals surface area contributed by atoms with Crippen LogP contribution in [-0.4, -0.2) is 58.5 Å². The average molecular weight is 407 g/mol. The molecule has 1 aliphatic heterocycles. The number of hydrogen-bond acceptors (Lipinski definition) is 4. The molecule has 0 radical (unpaired) electrons. The van der Waals surface area contributed by atoms with Crippen LogP contribution >= 0.6 is 11.3 Å². The number of carbonyl (C=O) groups is 2. The molecule has 5 rings (SSSR count). The van der Waals surface area contributed by atoms with Crippen LogP contribution < -0.4 is 0 Å². The zero-order valence-electron chi connectivity index (χ0n) is 16.0. The molecular formula is C23H22N2O3S. The van der Waals surface area contributed by atoms with E-state index in [4.69, 9.17) is 0 Å². The zero-order valence-corrected chi connectivity index (χ0v) is 16.8. The fraction of sp³-hybridized carbons (Fsp3) is 0.304. The summed E-state index contributed by atoms with van der Waals surface area (Å²) in [5.74, 6) is -0.194. The van der Waals surface area contributed by atoms with E-state index in [2.05, 4.69) is 17.5 Å². The molecule has 2 heterocycles. The number of nitrogens with zero attached hydrogens (tertiary/aromatic N) is 2. The van der Waals surface area contributed by atoms with E-state index in [9.17, 15) is 14.7 Å². The molecule has 2 aliphatic rings. The number of amides is 2. The summed E-state index contributed by atoms with van der Waals surface area (Å²) < 4.78 is 1.26. The van der Waals surface area contributed by atoms with Gasteiger partial charge in [0.05, 0.1) is 0 Å². The van der Waals surface area contributed by atoms with Crippen molar-refractivity contribution in [1.29, 1.82) is 0 Å². The number of rotatable bonds is 3. The van der Waals surface area contributed by atoms with E-state index < -0.39 is 5.60 Å². The summed E-state index contributed by atoms with van der Waals surface area (Å²) in [6.45, 7) is 1.95. The van der Waals surface area contributed by atoms with Crippen LogP contribution in [0.3, 0.4) is 0 Å². The molecular weight excluding hydrogens is 384 g/mol. The van der Waals surface area contributed by atoms with Gasteiger partial charge in [-0.15, -0.1) is 11.3 Å². The Balaban J connectivity index is 1.27. The normalized spacial score (nSPS) is 18.1. The van der Waals surface area contributed by atoms with Gasteiger partial charge in [-0.25, -0.2) is 0 Å². The summed E-state index contributed by atoms with van der Waals surface area (Å²) >= 11 is 1.73. The molecule has 6 heteroatoms. The van der Waals surface area contributed by atoms with Crippen molar-refractivity contribution >= 4 is 33.2 Å². The van der Waals surface area contributed by atoms with Crippen molar-refractivity contribution in [2.45, 2.75) is 18.4 Å². The van der Waals surface area contributed by atoms with Crippen LogP contribution in [0.1, 0.15) is 23.2 Å². The van der Waals surface area contributed by atoms with Gasteiger partial charge < -0.3 is 14.9 Å². The number of hydrogen-bond donors (Lipinski definition) is 1. The van der Waals surface area contributed by atoms with Crippen molar-refractivity contribution in [2.75, 3.05) is 26.2 Å². The summed E-state index contributed by atoms with van der Waals surface area (Å²) in [6.07, 6.45) is 1.10. The Bertz CT molecular complexity index is 1080. The van der Waals surface area contributed by atoms with Crippen LogP contribution in [-0.2, 0) is 4.79 Å². The lowest BCUT2D eigenvalue weighted by atomic mass is 10.0. The Kier molecular flexibility index (Phi) is 4.41. The van der Waals surface area contributed by atoms with Crippen LogP contribution in [0.4, 0.5) is 0 Å². The van der Waals surface area contributed by atoms with Gasteiger partial charge in [-0.05, 0) is 42.0 Å². The Morgan fingerprint density at radius 2 is 1.55 bits per heavy atom. The fourth-order valence-electron chi connectivity index (χ4n) is 3.92. The number of carbonyl (C=O) groups excluding carboxylic acids is 2. The van der Waals surface area contributed by atoms with Crippen molar-refractivity contribution in [3.63, 3.8) is 0 Å². The van der Waals surface area contributed by atoms with Crippen molar-refractivity contribution in [2.24, 2.45) is 0 Å². The van der Waals surface area contributed by atoms with Gasteiger partial charge in [-0.1, -0.05) is 30.3 Å². The van der Waals surface area contributed by atoms with E-state index in [1.807, 2.05) is 36.4 Å². The molecule has 0 spiro atoms. The first kappa shape index (κ1) is 18.3. The number of thiophene rings is 1. The lowest BCUT2D eigenvalue weighted by molar-refractivity contribution is -0.143. The minimum Gasteiger partial charge on any atom is -0.380 e. The third kappa shape index (κ3) is 3.32. The van der Waals surface area contributed by atoms with Gasteiger partial charge in [0.25, 0.3) is 11.8 Å². The van der Waals surface area contributed by atoms with Gasteiger partial charge in [-0.2, -0.15) is 0 Å². The quantitative estimate of drug-likeness (QED) is 0.725. The Morgan fingerprint density at radius 1 is 0.897 bits per heavy atom. The molecule has 148 valence electrons. The van der Waals surface area contributed by atoms with Crippen molar-refractivity contribution in [1.82, 2.24) is 9.80 Å². The molecule has 1 N–H and O–H groups in total. The van der Waals surface area contributed by atoms with E-state index in [0.717, 1.165) is 5.56 Å². The molecule has 0 unspecified atom stereocenters. The van der Waals surface area contributed by atoms with Gasteiger partial charge in [0, 0.05) is 47.4 Å². The summed E-state index contributed by atoms with van der Waals surface area (Å²) in [7, 11) is 0. The molecule has 0 bridgehead atoms. The summed E-state index contributed by atoms with van der Waals surface area (Å²) in [5, 5.41) is 13.4. The molecule has 2 amide bonds. The molecule has 0 atom stereocenters. The first-order valence-corrected chi connectivity index (χ1v) is 10.8. The first-order chi connectivity index (χ1) is 14.0. The second-order valence-electron chi connectivity index (χ2n) is 7.84. The topological polar surface area (TPSA) is 60.9 Å². The Labute approximate surface area is 173 Å². The smallest absolute Gasteiger partial charge is 0.254 e. The van der Waals surface area contributed by atoms with Gasteiger partial charge in [-0.3, -0.25) is 9.59 Å². The highest BCUT2D eigenvalue weighted by atomic mass is 32.1. The van der Waals surface area contributed by atoms with E-state index in [1.54, 1.807) is 21.1 Å². The Hall–Kier alpha value is -2.70. The Morgan fingerprint density at radius 3 is 2.24 bits per heavy atom. The fourth-order valence-corrected chi connectivity index (χ4v) is 4.89. The minimum absolute atomic E-state index is 0.0102. The zero-order chi connectivity index (χ0) is 20.0. The second-order valence-corrected chi connectivity index (χ2v) is 8.75. The summed E-state index contributed by atoms with van der Waals surface area (Å²) in [6, 6.07) is 16.1. The van der Waals surface area contributed by atoms with Crippen LogP contribution in [0.25, 0.3) is 21.2 Å². The van der Waals surface area contributed by atoms with Crippen LogP contribution in [0.2, 0.25) is 0 Å². The maximum atomic E-state index is 12.9. The molecule has 29 heavy (non-hydrogen) atoms. The molecule has 5 nitrogen and oxygen atoms in total. The van der Waals surface area contributed by atoms with Crippen LogP contribution in [0.15, 0.2) is 53.9 Å².